The normalized spacial score (nSPS) is 15.9. The molecule has 178 valence electrons. The van der Waals surface area contributed by atoms with E-state index in [1.807, 2.05) is 0 Å². The quantitative estimate of drug-likeness (QED) is 0.0846. The van der Waals surface area contributed by atoms with Gasteiger partial charge in [0.15, 0.2) is 5.25 Å². The Morgan fingerprint density at radius 3 is 2.55 bits per heavy atom. The number of unbranched alkanes of at least 4 members (excludes halogenated alkanes) is 2. The maximum absolute atomic E-state index is 11.8. The molecule has 1 aromatic rings. The molecule has 33 heavy (non-hydrogen) atoms. The molecule has 1 heterocycles. The predicted molar refractivity (Wildman–Crippen MR) is 114 cm³/mol. The standard InChI is InChI=1S/C18H23N3O10S.Na.H/c22-11-13-8-12(5-6-14(13)21(26)27)10-19-7-3-1-2-4-17(24)31-20-16(23)9-15(18(20)25)32(28,29)30;;/h5-6,8,15,19,22H,1-4,7,9-11H2,(H,28,29,30);;. The molecule has 13 nitrogen and oxygen atoms in total. The van der Waals surface area contributed by atoms with Crippen LogP contribution in [0.5, 0.6) is 0 Å². The van der Waals surface area contributed by atoms with E-state index in [1.54, 1.807) is 12.1 Å². The number of hydroxylamine groups is 2. The van der Waals surface area contributed by atoms with E-state index in [0.29, 0.717) is 32.4 Å². The SMILES string of the molecule is O=C(CCCCCNCc1ccc([N+](=O)[O-])c(CO)c1)ON1C(=O)CC(S(=O)(=O)O)C1=O.[NaH]. The van der Waals surface area contributed by atoms with Crippen LogP contribution >= 0.6 is 0 Å². The number of aliphatic hydroxyl groups excluding tert-OH is 1. The number of carbonyl (C=O) groups excluding carboxylic acids is 3. The van der Waals surface area contributed by atoms with Gasteiger partial charge in [0.1, 0.15) is 0 Å². The third kappa shape index (κ3) is 8.41. The molecule has 15 heteroatoms. The third-order valence-corrected chi connectivity index (χ3v) is 5.78. The van der Waals surface area contributed by atoms with Gasteiger partial charge < -0.3 is 15.3 Å². The first-order chi connectivity index (χ1) is 15.0. The molecule has 2 rings (SSSR count). The number of benzene rings is 1. The zero-order chi connectivity index (χ0) is 23.9. The first kappa shape index (κ1) is 29.1. The fourth-order valence-electron chi connectivity index (χ4n) is 3.04. The van der Waals surface area contributed by atoms with Gasteiger partial charge in [-0.2, -0.15) is 8.42 Å². The van der Waals surface area contributed by atoms with Crippen molar-refractivity contribution in [3.05, 3.63) is 39.4 Å². The molecule has 1 atom stereocenters. The van der Waals surface area contributed by atoms with Crippen LogP contribution in [-0.4, -0.2) is 87.2 Å². The molecule has 0 aromatic heterocycles. The van der Waals surface area contributed by atoms with Gasteiger partial charge in [-0.25, -0.2) is 4.79 Å². The summed E-state index contributed by atoms with van der Waals surface area (Å²) in [6, 6.07) is 4.48. The van der Waals surface area contributed by atoms with E-state index >= 15 is 0 Å². The Labute approximate surface area is 211 Å². The minimum atomic E-state index is -4.77. The van der Waals surface area contributed by atoms with Crippen LogP contribution in [-0.2, 0) is 42.5 Å². The van der Waals surface area contributed by atoms with Crippen molar-refractivity contribution >= 4 is 63.1 Å². The zero-order valence-corrected chi connectivity index (χ0v) is 17.7. The molecule has 2 amide bonds. The van der Waals surface area contributed by atoms with Gasteiger partial charge in [0, 0.05) is 19.0 Å². The van der Waals surface area contributed by atoms with Crippen molar-refractivity contribution in [3.63, 3.8) is 0 Å². The second kappa shape index (κ2) is 13.1. The number of carbonyl (C=O) groups is 3. The molecule has 1 aliphatic rings. The molecule has 0 aliphatic carbocycles. The van der Waals surface area contributed by atoms with E-state index in [0.717, 1.165) is 5.56 Å². The van der Waals surface area contributed by atoms with Crippen LogP contribution in [0.1, 0.15) is 43.2 Å². The Bertz CT molecular complexity index is 1000. The average molecular weight is 497 g/mol. The summed E-state index contributed by atoms with van der Waals surface area (Å²) in [6.45, 7) is 0.576. The van der Waals surface area contributed by atoms with E-state index in [9.17, 15) is 38.0 Å². The Morgan fingerprint density at radius 2 is 1.97 bits per heavy atom. The molecule has 0 bridgehead atoms. The van der Waals surface area contributed by atoms with Gasteiger partial charge in [-0.3, -0.25) is 24.3 Å². The van der Waals surface area contributed by atoms with Gasteiger partial charge in [0.25, 0.3) is 27.6 Å². The van der Waals surface area contributed by atoms with Crippen LogP contribution in [0.3, 0.4) is 0 Å². The summed E-state index contributed by atoms with van der Waals surface area (Å²) < 4.78 is 31.0. The van der Waals surface area contributed by atoms with E-state index in [2.05, 4.69) is 10.2 Å². The number of hydrogen-bond donors (Lipinski definition) is 3. The van der Waals surface area contributed by atoms with Crippen molar-refractivity contribution in [2.75, 3.05) is 6.54 Å². The van der Waals surface area contributed by atoms with Crippen molar-refractivity contribution in [1.29, 1.82) is 0 Å². The Morgan fingerprint density at radius 1 is 1.27 bits per heavy atom. The van der Waals surface area contributed by atoms with E-state index in [4.69, 9.17) is 4.55 Å². The summed E-state index contributed by atoms with van der Waals surface area (Å²) in [4.78, 5) is 50.1. The Hall–Kier alpha value is -1.94. The maximum atomic E-state index is 11.8. The number of nitrogens with zero attached hydrogens (tertiary/aromatic N) is 2. The summed E-state index contributed by atoms with van der Waals surface area (Å²) in [5, 5.41) is 21.3. The van der Waals surface area contributed by atoms with Gasteiger partial charge >= 0.3 is 35.5 Å². The van der Waals surface area contributed by atoms with Crippen molar-refractivity contribution in [2.24, 2.45) is 0 Å². The minimum absolute atomic E-state index is 0. The molecule has 1 fully saturated rings. The number of imide groups is 1. The van der Waals surface area contributed by atoms with E-state index < -0.39 is 51.1 Å². The molecule has 1 saturated heterocycles. The first-order valence-corrected chi connectivity index (χ1v) is 11.2. The summed E-state index contributed by atoms with van der Waals surface area (Å²) in [7, 11) is -4.77. The van der Waals surface area contributed by atoms with Crippen molar-refractivity contribution in [2.45, 2.75) is 50.5 Å². The molecule has 1 aromatic carbocycles. The monoisotopic (exact) mass is 497 g/mol. The summed E-state index contributed by atoms with van der Waals surface area (Å²) in [5.41, 5.74) is 0.853. The molecule has 1 aliphatic heterocycles. The topological polar surface area (TPSA) is 193 Å². The number of nitro benzene ring substituents is 1. The van der Waals surface area contributed by atoms with Gasteiger partial charge in [0.2, 0.25) is 0 Å². The van der Waals surface area contributed by atoms with Crippen LogP contribution in [0.4, 0.5) is 5.69 Å². The molecular formula is C18H24N3NaO10S. The van der Waals surface area contributed by atoms with E-state index in [1.165, 1.54) is 6.07 Å². The predicted octanol–water partition coefficient (Wildman–Crippen LogP) is -0.438. The van der Waals surface area contributed by atoms with Crippen LogP contribution in [0, 0.1) is 10.1 Å². The summed E-state index contributed by atoms with van der Waals surface area (Å²) >= 11 is 0. The number of amides is 2. The number of rotatable bonds is 12. The van der Waals surface area contributed by atoms with Crippen molar-refractivity contribution in [1.82, 2.24) is 10.4 Å². The number of nitrogens with one attached hydrogen (secondary N) is 1. The molecular weight excluding hydrogens is 473 g/mol. The van der Waals surface area contributed by atoms with Crippen LogP contribution in [0.25, 0.3) is 0 Å². The van der Waals surface area contributed by atoms with E-state index in [-0.39, 0.29) is 52.3 Å². The summed E-state index contributed by atoms with van der Waals surface area (Å²) in [5.74, 6) is -3.20. The third-order valence-electron chi connectivity index (χ3n) is 4.69. The fraction of sp³-hybridized carbons (Fsp3) is 0.500. The second-order valence-corrected chi connectivity index (χ2v) is 8.66. The molecule has 0 spiro atoms. The number of nitro groups is 1. The Balaban J connectivity index is 0.00000544. The van der Waals surface area contributed by atoms with Gasteiger partial charge in [-0.1, -0.05) is 12.5 Å². The second-order valence-electron chi connectivity index (χ2n) is 7.06. The summed E-state index contributed by atoms with van der Waals surface area (Å²) in [6.07, 6.45) is 0.797. The van der Waals surface area contributed by atoms with Gasteiger partial charge in [0.05, 0.1) is 23.5 Å². The van der Waals surface area contributed by atoms with Crippen LogP contribution < -0.4 is 5.32 Å². The van der Waals surface area contributed by atoms with Crippen LogP contribution in [0.15, 0.2) is 18.2 Å². The zero-order valence-electron chi connectivity index (χ0n) is 16.9. The van der Waals surface area contributed by atoms with Gasteiger partial charge in [-0.05, 0) is 31.0 Å². The van der Waals surface area contributed by atoms with Gasteiger partial charge in [-0.15, -0.1) is 5.06 Å². The average Bonchev–Trinajstić information content (AvgIpc) is 3.01. The van der Waals surface area contributed by atoms with Crippen molar-refractivity contribution < 1.29 is 42.2 Å². The number of hydrogen-bond acceptors (Lipinski definition) is 10. The van der Waals surface area contributed by atoms with Crippen molar-refractivity contribution in [3.8, 4) is 0 Å². The first-order valence-electron chi connectivity index (χ1n) is 9.66. The molecule has 3 N–H and O–H groups in total. The fourth-order valence-corrected chi connectivity index (χ4v) is 3.74. The molecule has 1 unspecified atom stereocenters. The molecule has 0 radical (unpaired) electrons. The Kier molecular flexibility index (Phi) is 11.5. The van der Waals surface area contributed by atoms with Crippen LogP contribution in [0.2, 0.25) is 0 Å². The molecule has 0 saturated carbocycles. The number of aliphatic hydroxyl groups is 1.